The third-order valence-corrected chi connectivity index (χ3v) is 4.92. The minimum Gasteiger partial charge on any atom is -0.355 e. The summed E-state index contributed by atoms with van der Waals surface area (Å²) in [5.74, 6) is 3.94. The summed E-state index contributed by atoms with van der Waals surface area (Å²) in [6.07, 6.45) is 4.36. The third kappa shape index (κ3) is 1.48. The minimum atomic E-state index is -0.0186. The zero-order valence-corrected chi connectivity index (χ0v) is 10.2. The van der Waals surface area contributed by atoms with Gasteiger partial charge in [-0.15, -0.1) is 0 Å². The average molecular weight is 222 g/mol. The van der Waals surface area contributed by atoms with Crippen molar-refractivity contribution in [2.75, 3.05) is 6.54 Å². The average Bonchev–Trinajstić information content (AvgIpc) is 2.69. The van der Waals surface area contributed by atoms with Crippen LogP contribution in [0.5, 0.6) is 0 Å². The van der Waals surface area contributed by atoms with Crippen LogP contribution in [0.1, 0.15) is 33.1 Å². The Kier molecular flexibility index (Phi) is 2.46. The molecule has 3 saturated carbocycles. The number of amides is 1. The molecule has 16 heavy (non-hydrogen) atoms. The Labute approximate surface area is 97.4 Å². The number of fused-ring (bicyclic) bond motifs is 5. The zero-order chi connectivity index (χ0) is 11.3. The fourth-order valence-electron chi connectivity index (χ4n) is 4.24. The van der Waals surface area contributed by atoms with Gasteiger partial charge in [0.15, 0.2) is 0 Å². The number of carbonyl (C=O) groups excluding carboxylic acids is 1. The molecule has 3 heteroatoms. The first-order chi connectivity index (χ1) is 7.72. The molecule has 3 aliphatic carbocycles. The first kappa shape index (κ1) is 10.6. The van der Waals surface area contributed by atoms with Gasteiger partial charge < -0.3 is 10.6 Å². The molecule has 90 valence electrons. The monoisotopic (exact) mass is 222 g/mol. The van der Waals surface area contributed by atoms with Crippen LogP contribution in [0.4, 0.5) is 0 Å². The molecular weight excluding hydrogens is 200 g/mol. The van der Waals surface area contributed by atoms with E-state index in [-0.39, 0.29) is 11.9 Å². The molecule has 0 spiro atoms. The molecule has 0 aromatic heterocycles. The Morgan fingerprint density at radius 3 is 2.50 bits per heavy atom. The highest BCUT2D eigenvalue weighted by molar-refractivity contribution is 5.81. The summed E-state index contributed by atoms with van der Waals surface area (Å²) in [4.78, 5) is 11.6. The van der Waals surface area contributed by atoms with Crippen molar-refractivity contribution in [3.8, 4) is 0 Å². The Balaban J connectivity index is 1.53. The van der Waals surface area contributed by atoms with Gasteiger partial charge in [0.25, 0.3) is 0 Å². The molecule has 2 bridgehead atoms. The lowest BCUT2D eigenvalue weighted by Gasteiger charge is -2.16. The lowest BCUT2D eigenvalue weighted by atomic mass is 10.0. The summed E-state index contributed by atoms with van der Waals surface area (Å²) >= 11 is 0. The van der Waals surface area contributed by atoms with Gasteiger partial charge in [0.2, 0.25) is 5.91 Å². The van der Waals surface area contributed by atoms with E-state index in [9.17, 15) is 4.79 Å². The van der Waals surface area contributed by atoms with Gasteiger partial charge in [-0.05, 0) is 56.8 Å². The molecular formula is C13H22N2O. The summed E-state index contributed by atoms with van der Waals surface area (Å²) in [5.41, 5.74) is 0. The summed E-state index contributed by atoms with van der Waals surface area (Å²) in [6.45, 7) is 4.69. The molecule has 0 aromatic rings. The quantitative estimate of drug-likeness (QED) is 0.749. The van der Waals surface area contributed by atoms with Crippen LogP contribution < -0.4 is 10.6 Å². The van der Waals surface area contributed by atoms with E-state index in [4.69, 9.17) is 0 Å². The first-order valence-corrected chi connectivity index (χ1v) is 6.76. The lowest BCUT2D eigenvalue weighted by molar-refractivity contribution is -0.122. The van der Waals surface area contributed by atoms with E-state index in [1.165, 1.54) is 19.3 Å². The third-order valence-electron chi connectivity index (χ3n) is 4.92. The molecule has 0 heterocycles. The molecule has 3 aliphatic rings. The predicted molar refractivity (Wildman–Crippen MR) is 62.9 cm³/mol. The summed E-state index contributed by atoms with van der Waals surface area (Å²) in [5, 5.41) is 6.41. The van der Waals surface area contributed by atoms with Gasteiger partial charge in [0, 0.05) is 12.6 Å². The number of carbonyl (C=O) groups is 1. The zero-order valence-electron chi connectivity index (χ0n) is 10.2. The number of likely N-dealkylation sites (N-methyl/N-ethyl adjacent to an activating group) is 1. The van der Waals surface area contributed by atoms with E-state index in [2.05, 4.69) is 10.6 Å². The highest BCUT2D eigenvalue weighted by atomic mass is 16.2. The van der Waals surface area contributed by atoms with Crippen LogP contribution in [0, 0.1) is 23.7 Å². The van der Waals surface area contributed by atoms with Crippen LogP contribution in [-0.4, -0.2) is 24.5 Å². The predicted octanol–water partition coefficient (Wildman–Crippen LogP) is 1.15. The van der Waals surface area contributed by atoms with Gasteiger partial charge >= 0.3 is 0 Å². The summed E-state index contributed by atoms with van der Waals surface area (Å²) < 4.78 is 0. The molecule has 2 N–H and O–H groups in total. The van der Waals surface area contributed by atoms with E-state index in [1.807, 2.05) is 13.8 Å². The number of hydrogen-bond acceptors (Lipinski definition) is 2. The van der Waals surface area contributed by atoms with Gasteiger partial charge in [-0.25, -0.2) is 0 Å². The van der Waals surface area contributed by atoms with E-state index in [0.29, 0.717) is 6.04 Å². The Morgan fingerprint density at radius 1 is 1.31 bits per heavy atom. The van der Waals surface area contributed by atoms with Crippen molar-refractivity contribution in [1.29, 1.82) is 0 Å². The molecule has 0 saturated heterocycles. The first-order valence-electron chi connectivity index (χ1n) is 6.76. The van der Waals surface area contributed by atoms with Crippen LogP contribution in [-0.2, 0) is 4.79 Å². The normalized spacial score (nSPS) is 45.2. The Bertz CT molecular complexity index is 288. The van der Waals surface area contributed by atoms with Crippen molar-refractivity contribution in [1.82, 2.24) is 10.6 Å². The van der Waals surface area contributed by atoms with E-state index >= 15 is 0 Å². The highest BCUT2D eigenvalue weighted by Crippen LogP contribution is 2.65. The maximum Gasteiger partial charge on any atom is 0.236 e. The van der Waals surface area contributed by atoms with Gasteiger partial charge in [-0.1, -0.05) is 0 Å². The van der Waals surface area contributed by atoms with Crippen molar-refractivity contribution in [2.24, 2.45) is 23.7 Å². The maximum absolute atomic E-state index is 11.6. The minimum absolute atomic E-state index is 0.0186. The molecule has 0 aliphatic heterocycles. The molecule has 3 rings (SSSR count). The van der Waals surface area contributed by atoms with Gasteiger partial charge in [-0.3, -0.25) is 4.79 Å². The standard InChI is InChI=1S/C13H22N2O/c1-3-14-13(16)7(2)15-12-10-8-4-5-9(6-8)11(10)12/h7-12,15H,3-6H2,1-2H3,(H,14,16). The fourth-order valence-corrected chi connectivity index (χ4v) is 4.24. The van der Waals surface area contributed by atoms with Gasteiger partial charge in [0.05, 0.1) is 6.04 Å². The van der Waals surface area contributed by atoms with Crippen molar-refractivity contribution >= 4 is 5.91 Å². The molecule has 0 radical (unpaired) electrons. The highest BCUT2D eigenvalue weighted by Gasteiger charge is 2.65. The van der Waals surface area contributed by atoms with Crippen molar-refractivity contribution in [3.05, 3.63) is 0 Å². The van der Waals surface area contributed by atoms with E-state index < -0.39 is 0 Å². The smallest absolute Gasteiger partial charge is 0.236 e. The van der Waals surface area contributed by atoms with Crippen LogP contribution in [0.15, 0.2) is 0 Å². The molecule has 3 nitrogen and oxygen atoms in total. The van der Waals surface area contributed by atoms with Crippen LogP contribution in [0.3, 0.4) is 0 Å². The number of rotatable bonds is 4. The molecule has 5 unspecified atom stereocenters. The molecule has 3 fully saturated rings. The van der Waals surface area contributed by atoms with Crippen LogP contribution >= 0.6 is 0 Å². The van der Waals surface area contributed by atoms with Crippen LogP contribution in [0.2, 0.25) is 0 Å². The number of nitrogens with one attached hydrogen (secondary N) is 2. The molecule has 5 atom stereocenters. The fraction of sp³-hybridized carbons (Fsp3) is 0.923. The van der Waals surface area contributed by atoms with Crippen molar-refractivity contribution in [3.63, 3.8) is 0 Å². The van der Waals surface area contributed by atoms with Crippen molar-refractivity contribution in [2.45, 2.75) is 45.2 Å². The van der Waals surface area contributed by atoms with Gasteiger partial charge in [0.1, 0.15) is 0 Å². The Morgan fingerprint density at radius 2 is 1.94 bits per heavy atom. The summed E-state index contributed by atoms with van der Waals surface area (Å²) in [7, 11) is 0. The maximum atomic E-state index is 11.6. The summed E-state index contributed by atoms with van der Waals surface area (Å²) in [6, 6.07) is 0.638. The largest absolute Gasteiger partial charge is 0.355 e. The van der Waals surface area contributed by atoms with Gasteiger partial charge in [-0.2, -0.15) is 0 Å². The van der Waals surface area contributed by atoms with Crippen LogP contribution in [0.25, 0.3) is 0 Å². The second kappa shape index (κ2) is 3.73. The Hall–Kier alpha value is -0.570. The van der Waals surface area contributed by atoms with Crippen molar-refractivity contribution < 1.29 is 4.79 Å². The lowest BCUT2D eigenvalue weighted by Crippen LogP contribution is -2.44. The van der Waals surface area contributed by atoms with E-state index in [0.717, 1.165) is 30.2 Å². The molecule has 1 amide bonds. The van der Waals surface area contributed by atoms with E-state index in [1.54, 1.807) is 0 Å². The SMILES string of the molecule is CCNC(=O)C(C)NC1C2C3CCC(C3)C12. The number of hydrogen-bond donors (Lipinski definition) is 2. The topological polar surface area (TPSA) is 41.1 Å². The molecule has 0 aromatic carbocycles. The second-order valence-corrected chi connectivity index (χ2v) is 5.80. The second-order valence-electron chi connectivity index (χ2n) is 5.80.